The predicted octanol–water partition coefficient (Wildman–Crippen LogP) is 3.26. The lowest BCUT2D eigenvalue weighted by Crippen LogP contribution is -2.29. The van der Waals surface area contributed by atoms with Gasteiger partial charge in [0.25, 0.3) is 0 Å². The maximum atomic E-state index is 13.0. The second kappa shape index (κ2) is 6.75. The fraction of sp³-hybridized carbons (Fsp3) is 0.579. The Labute approximate surface area is 147 Å². The fourth-order valence-corrected chi connectivity index (χ4v) is 3.97. The molecule has 5 nitrogen and oxygen atoms in total. The van der Waals surface area contributed by atoms with Crippen LogP contribution < -0.4 is 10.1 Å². The number of benzene rings is 1. The summed E-state index contributed by atoms with van der Waals surface area (Å²) in [6.45, 7) is 5.59. The monoisotopic (exact) mass is 344 g/mol. The van der Waals surface area contributed by atoms with Gasteiger partial charge in [-0.05, 0) is 68.5 Å². The van der Waals surface area contributed by atoms with Gasteiger partial charge in [0.2, 0.25) is 0 Å². The van der Waals surface area contributed by atoms with Gasteiger partial charge in [-0.15, -0.1) is 0 Å². The molecule has 1 aromatic carbocycles. The summed E-state index contributed by atoms with van der Waals surface area (Å²) in [7, 11) is 0. The highest BCUT2D eigenvalue weighted by Crippen LogP contribution is 2.63. The summed E-state index contributed by atoms with van der Waals surface area (Å²) in [6.07, 6.45) is 4.74. The summed E-state index contributed by atoms with van der Waals surface area (Å²) in [5.74, 6) is 2.75. The molecule has 2 aromatic rings. The molecular formula is C19H25FN4O. The Hall–Kier alpha value is -1.95. The third-order valence-corrected chi connectivity index (χ3v) is 5.46. The number of nitrogens with zero attached hydrogens (tertiary/aromatic N) is 3. The number of nitrogens with one attached hydrogen (secondary N) is 1. The van der Waals surface area contributed by atoms with Crippen LogP contribution in [0.1, 0.15) is 50.2 Å². The first-order chi connectivity index (χ1) is 12.2. The van der Waals surface area contributed by atoms with Gasteiger partial charge in [-0.25, -0.2) is 14.1 Å². The average Bonchev–Trinajstić information content (AvgIpc) is 3.14. The lowest BCUT2D eigenvalue weighted by Gasteiger charge is -2.23. The molecule has 2 fully saturated rings. The van der Waals surface area contributed by atoms with E-state index >= 15 is 0 Å². The van der Waals surface area contributed by atoms with Gasteiger partial charge in [0.15, 0.2) is 5.82 Å². The van der Waals surface area contributed by atoms with Crippen LogP contribution in [-0.4, -0.2) is 27.9 Å². The largest absolute Gasteiger partial charge is 0.486 e. The van der Waals surface area contributed by atoms with Crippen LogP contribution in [0.4, 0.5) is 4.39 Å². The van der Waals surface area contributed by atoms with Gasteiger partial charge in [-0.1, -0.05) is 6.92 Å². The first-order valence-electron chi connectivity index (χ1n) is 9.23. The second-order valence-corrected chi connectivity index (χ2v) is 7.22. The highest BCUT2D eigenvalue weighted by atomic mass is 19.1. The highest BCUT2D eigenvalue weighted by molar-refractivity contribution is 5.23. The van der Waals surface area contributed by atoms with Crippen molar-refractivity contribution in [1.82, 2.24) is 20.1 Å². The van der Waals surface area contributed by atoms with Gasteiger partial charge in [-0.2, -0.15) is 5.10 Å². The van der Waals surface area contributed by atoms with Crippen molar-refractivity contribution >= 4 is 0 Å². The van der Waals surface area contributed by atoms with Crippen LogP contribution in [0.25, 0.3) is 0 Å². The number of ether oxygens (including phenoxy) is 1. The molecule has 2 aliphatic rings. The number of aromatic nitrogens is 3. The lowest BCUT2D eigenvalue weighted by atomic mass is 9.92. The van der Waals surface area contributed by atoms with Gasteiger partial charge >= 0.3 is 0 Å². The van der Waals surface area contributed by atoms with Crippen molar-refractivity contribution < 1.29 is 9.13 Å². The molecule has 0 bridgehead atoms. The van der Waals surface area contributed by atoms with E-state index in [1.165, 1.54) is 31.4 Å². The number of hydrogen-bond acceptors (Lipinski definition) is 4. The minimum absolute atomic E-state index is 0.263. The lowest BCUT2D eigenvalue weighted by molar-refractivity contribution is 0.294. The van der Waals surface area contributed by atoms with Gasteiger partial charge in [0.1, 0.15) is 24.0 Å². The van der Waals surface area contributed by atoms with E-state index < -0.39 is 0 Å². The molecule has 1 saturated heterocycles. The molecule has 1 aliphatic heterocycles. The molecule has 1 saturated carbocycles. The minimum atomic E-state index is -0.263. The van der Waals surface area contributed by atoms with Crippen molar-refractivity contribution in [3.8, 4) is 5.75 Å². The first kappa shape index (κ1) is 16.5. The van der Waals surface area contributed by atoms with Crippen molar-refractivity contribution in [3.63, 3.8) is 0 Å². The Bertz CT molecular complexity index is 722. The van der Waals surface area contributed by atoms with E-state index in [0.717, 1.165) is 31.9 Å². The number of piperidine rings is 1. The van der Waals surface area contributed by atoms with Gasteiger partial charge in [0.05, 0.1) is 0 Å². The number of hydrogen-bond donors (Lipinski definition) is 1. The smallest absolute Gasteiger partial charge is 0.188 e. The standard InChI is InChI=1S/C19H25FN4O/c1-2-11-24-18(16-12-19(16)7-9-21-10-8-19)22-17(23-24)13-25-15-5-3-14(20)4-6-15/h3-6,16,21H,2,7-13H2,1H3. The zero-order valence-electron chi connectivity index (χ0n) is 14.7. The van der Waals surface area contributed by atoms with Gasteiger partial charge in [0, 0.05) is 12.5 Å². The van der Waals surface area contributed by atoms with Crippen LogP contribution in [0.3, 0.4) is 0 Å². The van der Waals surface area contributed by atoms with E-state index in [1.807, 2.05) is 0 Å². The van der Waals surface area contributed by atoms with E-state index in [-0.39, 0.29) is 5.82 Å². The maximum absolute atomic E-state index is 13.0. The Morgan fingerprint density at radius 3 is 2.76 bits per heavy atom. The van der Waals surface area contributed by atoms with Crippen LogP contribution in [-0.2, 0) is 13.2 Å². The molecule has 1 atom stereocenters. The molecule has 0 amide bonds. The first-order valence-corrected chi connectivity index (χ1v) is 9.23. The van der Waals surface area contributed by atoms with E-state index in [0.29, 0.717) is 29.5 Å². The summed E-state index contributed by atoms with van der Waals surface area (Å²) in [5.41, 5.74) is 0.443. The molecule has 1 aromatic heterocycles. The summed E-state index contributed by atoms with van der Waals surface area (Å²) < 4.78 is 20.8. The number of halogens is 1. The van der Waals surface area contributed by atoms with Crippen LogP contribution in [0.15, 0.2) is 24.3 Å². The Balaban J connectivity index is 1.47. The van der Waals surface area contributed by atoms with Gasteiger partial charge < -0.3 is 10.1 Å². The van der Waals surface area contributed by atoms with E-state index in [4.69, 9.17) is 9.72 Å². The molecule has 134 valence electrons. The van der Waals surface area contributed by atoms with E-state index in [1.54, 1.807) is 12.1 Å². The van der Waals surface area contributed by atoms with Crippen LogP contribution in [0, 0.1) is 11.2 Å². The number of aryl methyl sites for hydroxylation is 1. The molecule has 0 radical (unpaired) electrons. The zero-order chi connectivity index (χ0) is 17.3. The third kappa shape index (κ3) is 3.40. The molecule has 25 heavy (non-hydrogen) atoms. The summed E-state index contributed by atoms with van der Waals surface area (Å²) in [5, 5.41) is 8.11. The van der Waals surface area contributed by atoms with Crippen molar-refractivity contribution in [1.29, 1.82) is 0 Å². The molecule has 6 heteroatoms. The van der Waals surface area contributed by atoms with Crippen LogP contribution in [0.5, 0.6) is 5.75 Å². The Kier molecular flexibility index (Phi) is 4.46. The Morgan fingerprint density at radius 1 is 1.28 bits per heavy atom. The summed E-state index contributed by atoms with van der Waals surface area (Å²) in [4.78, 5) is 4.81. The van der Waals surface area contributed by atoms with Crippen LogP contribution in [0.2, 0.25) is 0 Å². The van der Waals surface area contributed by atoms with Crippen LogP contribution >= 0.6 is 0 Å². The highest BCUT2D eigenvalue weighted by Gasteiger charge is 2.56. The van der Waals surface area contributed by atoms with Gasteiger partial charge in [-0.3, -0.25) is 0 Å². The quantitative estimate of drug-likeness (QED) is 0.874. The number of rotatable bonds is 6. The third-order valence-electron chi connectivity index (χ3n) is 5.46. The molecular weight excluding hydrogens is 319 g/mol. The SMILES string of the molecule is CCCn1nc(COc2ccc(F)cc2)nc1C1CC12CCNCC2. The molecule has 1 N–H and O–H groups in total. The molecule has 4 rings (SSSR count). The summed E-state index contributed by atoms with van der Waals surface area (Å²) in [6, 6.07) is 6.05. The molecule has 1 unspecified atom stereocenters. The van der Waals surface area contributed by atoms with E-state index in [2.05, 4.69) is 22.0 Å². The average molecular weight is 344 g/mol. The summed E-state index contributed by atoms with van der Waals surface area (Å²) >= 11 is 0. The predicted molar refractivity (Wildman–Crippen MR) is 92.9 cm³/mol. The van der Waals surface area contributed by atoms with Crippen molar-refractivity contribution in [2.75, 3.05) is 13.1 Å². The van der Waals surface area contributed by atoms with Crippen molar-refractivity contribution in [3.05, 3.63) is 41.7 Å². The van der Waals surface area contributed by atoms with Crippen molar-refractivity contribution in [2.45, 2.75) is 51.7 Å². The fourth-order valence-electron chi connectivity index (χ4n) is 3.97. The topological polar surface area (TPSA) is 52.0 Å². The molecule has 1 spiro atoms. The minimum Gasteiger partial charge on any atom is -0.486 e. The Morgan fingerprint density at radius 2 is 2.04 bits per heavy atom. The van der Waals surface area contributed by atoms with E-state index in [9.17, 15) is 4.39 Å². The normalized spacial score (nSPS) is 21.4. The zero-order valence-corrected chi connectivity index (χ0v) is 14.7. The molecule has 1 aliphatic carbocycles. The van der Waals surface area contributed by atoms with Crippen molar-refractivity contribution in [2.24, 2.45) is 5.41 Å². The maximum Gasteiger partial charge on any atom is 0.188 e. The molecule has 2 heterocycles. The second-order valence-electron chi connectivity index (χ2n) is 7.22.